The van der Waals surface area contributed by atoms with Crippen LogP contribution < -0.4 is 4.74 Å². The van der Waals surface area contributed by atoms with Gasteiger partial charge in [0.15, 0.2) is 11.9 Å². The number of ether oxygens (including phenoxy) is 4. The zero-order valence-electron chi connectivity index (χ0n) is 14.1. The zero-order chi connectivity index (χ0) is 17.5. The number of hydrogen-bond acceptors (Lipinski definition) is 6. The molecule has 130 valence electrons. The summed E-state index contributed by atoms with van der Waals surface area (Å²) in [5.74, 6) is -1.01. The molecular weight excluding hydrogens is 314 g/mol. The molecule has 24 heavy (non-hydrogen) atoms. The number of carbonyl (C=O) groups is 2. The van der Waals surface area contributed by atoms with Gasteiger partial charge in [-0.2, -0.15) is 0 Å². The molecule has 7 nitrogen and oxygen atoms in total. The van der Waals surface area contributed by atoms with Gasteiger partial charge in [-0.05, 0) is 38.1 Å². The second kappa shape index (κ2) is 6.16. The molecule has 2 aliphatic rings. The van der Waals surface area contributed by atoms with Crippen molar-refractivity contribution >= 4 is 11.8 Å². The number of nitrogens with zero attached hydrogens (tertiary/aromatic N) is 1. The van der Waals surface area contributed by atoms with Crippen LogP contribution in [-0.2, 0) is 19.0 Å². The third kappa shape index (κ3) is 2.79. The van der Waals surface area contributed by atoms with E-state index in [-0.39, 0.29) is 6.61 Å². The number of methoxy groups -OCH3 is 2. The lowest BCUT2D eigenvalue weighted by molar-refractivity contribution is -0.171. The number of fused-ring (bicyclic) bond motifs is 1. The summed E-state index contributed by atoms with van der Waals surface area (Å²) in [6, 6.07) is 6.08. The van der Waals surface area contributed by atoms with Gasteiger partial charge in [-0.15, -0.1) is 0 Å². The summed E-state index contributed by atoms with van der Waals surface area (Å²) in [6.45, 7) is 3.68. The highest BCUT2D eigenvalue weighted by Gasteiger charge is 2.59. The Morgan fingerprint density at radius 3 is 2.46 bits per heavy atom. The van der Waals surface area contributed by atoms with Gasteiger partial charge in [0.2, 0.25) is 0 Å². The van der Waals surface area contributed by atoms with E-state index in [1.165, 1.54) is 12.0 Å². The predicted octanol–water partition coefficient (Wildman–Crippen LogP) is 1.21. The van der Waals surface area contributed by atoms with Gasteiger partial charge < -0.3 is 18.9 Å². The van der Waals surface area contributed by atoms with Gasteiger partial charge in [-0.3, -0.25) is 14.5 Å². The largest absolute Gasteiger partial charge is 0.497 e. The van der Waals surface area contributed by atoms with Crippen LogP contribution in [0.4, 0.5) is 0 Å². The summed E-state index contributed by atoms with van der Waals surface area (Å²) in [6.07, 6.45) is -1.32. The number of amides is 2. The predicted molar refractivity (Wildman–Crippen MR) is 83.7 cm³/mol. The van der Waals surface area contributed by atoms with Crippen LogP contribution >= 0.6 is 0 Å². The fourth-order valence-corrected chi connectivity index (χ4v) is 3.17. The fraction of sp³-hybridized carbons (Fsp3) is 0.529. The second-order valence-corrected chi connectivity index (χ2v) is 6.29. The Morgan fingerprint density at radius 1 is 1.21 bits per heavy atom. The van der Waals surface area contributed by atoms with Crippen LogP contribution in [0.5, 0.6) is 5.75 Å². The van der Waals surface area contributed by atoms with Crippen LogP contribution in [0.25, 0.3) is 0 Å². The molecule has 0 aliphatic carbocycles. The first-order valence-electron chi connectivity index (χ1n) is 7.74. The molecule has 0 saturated carbocycles. The van der Waals surface area contributed by atoms with Crippen LogP contribution in [0.1, 0.15) is 24.2 Å². The minimum Gasteiger partial charge on any atom is -0.497 e. The Morgan fingerprint density at radius 2 is 1.88 bits per heavy atom. The average molecular weight is 335 g/mol. The standard InChI is InChI=1S/C17H21NO6/c1-17(2)23-13-12(9-21-3)18(16(20)14(13)24-17)15(19)10-5-7-11(22-4)8-6-10/h5-8,12-14H,9H2,1-4H3/t12-,13-,14-/m1/s1. The zero-order valence-corrected chi connectivity index (χ0v) is 14.1. The molecular formula is C17H21NO6. The van der Waals surface area contributed by atoms with Gasteiger partial charge in [0.25, 0.3) is 11.8 Å². The topological polar surface area (TPSA) is 74.3 Å². The molecule has 2 heterocycles. The summed E-state index contributed by atoms with van der Waals surface area (Å²) < 4.78 is 21.8. The lowest BCUT2D eigenvalue weighted by atomic mass is 10.1. The van der Waals surface area contributed by atoms with E-state index in [1.54, 1.807) is 45.2 Å². The average Bonchev–Trinajstić information content (AvgIpc) is 3.00. The van der Waals surface area contributed by atoms with E-state index in [0.717, 1.165) is 0 Å². The summed E-state index contributed by atoms with van der Waals surface area (Å²) in [4.78, 5) is 26.7. The number of rotatable bonds is 4. The van der Waals surface area contributed by atoms with E-state index in [4.69, 9.17) is 18.9 Å². The van der Waals surface area contributed by atoms with Gasteiger partial charge in [0, 0.05) is 12.7 Å². The van der Waals surface area contributed by atoms with Gasteiger partial charge in [-0.25, -0.2) is 0 Å². The molecule has 2 aliphatic heterocycles. The molecule has 2 amide bonds. The Bertz CT molecular complexity index is 641. The van der Waals surface area contributed by atoms with Crippen LogP contribution in [0.3, 0.4) is 0 Å². The SMILES string of the molecule is COC[C@@H]1[C@H]2OC(C)(C)O[C@H]2C(=O)N1C(=O)c1ccc(OC)cc1. The Balaban J connectivity index is 1.88. The second-order valence-electron chi connectivity index (χ2n) is 6.29. The van der Waals surface area contributed by atoms with Crippen molar-refractivity contribution in [2.24, 2.45) is 0 Å². The third-order valence-electron chi connectivity index (χ3n) is 4.21. The molecule has 1 aromatic rings. The molecule has 3 atom stereocenters. The lowest BCUT2D eigenvalue weighted by Gasteiger charge is -2.28. The minimum atomic E-state index is -0.855. The van der Waals surface area contributed by atoms with Crippen molar-refractivity contribution in [3.8, 4) is 5.75 Å². The highest BCUT2D eigenvalue weighted by atomic mass is 16.8. The molecule has 0 unspecified atom stereocenters. The van der Waals surface area contributed by atoms with E-state index in [1.807, 2.05) is 0 Å². The molecule has 0 spiro atoms. The first kappa shape index (κ1) is 16.9. The van der Waals surface area contributed by atoms with E-state index in [0.29, 0.717) is 11.3 Å². The molecule has 2 saturated heterocycles. The monoisotopic (exact) mass is 335 g/mol. The first-order chi connectivity index (χ1) is 11.4. The Labute approximate surface area is 140 Å². The molecule has 7 heteroatoms. The van der Waals surface area contributed by atoms with Crippen LogP contribution in [-0.4, -0.2) is 61.6 Å². The van der Waals surface area contributed by atoms with Gasteiger partial charge in [0.05, 0.1) is 19.8 Å². The maximum absolute atomic E-state index is 12.8. The van der Waals surface area contributed by atoms with E-state index in [9.17, 15) is 9.59 Å². The highest BCUT2D eigenvalue weighted by Crippen LogP contribution is 2.38. The molecule has 0 bridgehead atoms. The summed E-state index contributed by atoms with van der Waals surface area (Å²) in [5.41, 5.74) is 0.393. The van der Waals surface area contributed by atoms with Crippen molar-refractivity contribution < 1.29 is 28.5 Å². The molecule has 2 fully saturated rings. The molecule has 3 rings (SSSR count). The van der Waals surface area contributed by atoms with Crippen molar-refractivity contribution in [3.63, 3.8) is 0 Å². The van der Waals surface area contributed by atoms with Crippen molar-refractivity contribution in [2.75, 3.05) is 20.8 Å². The maximum atomic E-state index is 12.8. The smallest absolute Gasteiger partial charge is 0.261 e. The van der Waals surface area contributed by atoms with Crippen molar-refractivity contribution in [1.29, 1.82) is 0 Å². The quantitative estimate of drug-likeness (QED) is 0.770. The fourth-order valence-electron chi connectivity index (χ4n) is 3.17. The Kier molecular flexibility index (Phi) is 4.33. The summed E-state index contributed by atoms with van der Waals surface area (Å²) in [5, 5.41) is 0. The van der Waals surface area contributed by atoms with Crippen LogP contribution in [0.2, 0.25) is 0 Å². The molecule has 0 N–H and O–H groups in total. The van der Waals surface area contributed by atoms with Crippen LogP contribution in [0.15, 0.2) is 24.3 Å². The number of likely N-dealkylation sites (tertiary alicyclic amines) is 1. The van der Waals surface area contributed by atoms with E-state index < -0.39 is 35.9 Å². The number of benzene rings is 1. The van der Waals surface area contributed by atoms with Gasteiger partial charge >= 0.3 is 0 Å². The van der Waals surface area contributed by atoms with E-state index in [2.05, 4.69) is 0 Å². The van der Waals surface area contributed by atoms with E-state index >= 15 is 0 Å². The van der Waals surface area contributed by atoms with Crippen LogP contribution in [0, 0.1) is 0 Å². The van der Waals surface area contributed by atoms with Crippen molar-refractivity contribution in [3.05, 3.63) is 29.8 Å². The van der Waals surface area contributed by atoms with Crippen molar-refractivity contribution in [1.82, 2.24) is 4.90 Å². The lowest BCUT2D eigenvalue weighted by Crippen LogP contribution is -2.46. The summed E-state index contributed by atoms with van der Waals surface area (Å²) in [7, 11) is 3.07. The third-order valence-corrected chi connectivity index (χ3v) is 4.21. The first-order valence-corrected chi connectivity index (χ1v) is 7.74. The summed E-state index contributed by atoms with van der Waals surface area (Å²) >= 11 is 0. The van der Waals surface area contributed by atoms with Crippen molar-refractivity contribution in [2.45, 2.75) is 37.9 Å². The number of imide groups is 1. The molecule has 0 aromatic heterocycles. The number of hydrogen-bond donors (Lipinski definition) is 0. The van der Waals surface area contributed by atoms with Gasteiger partial charge in [0.1, 0.15) is 11.9 Å². The Hall–Kier alpha value is -1.96. The van der Waals surface area contributed by atoms with Gasteiger partial charge in [-0.1, -0.05) is 0 Å². The normalized spacial score (nSPS) is 28.1. The molecule has 0 radical (unpaired) electrons. The maximum Gasteiger partial charge on any atom is 0.261 e. The minimum absolute atomic E-state index is 0.189. The highest BCUT2D eigenvalue weighted by molar-refractivity contribution is 6.08. The molecule has 1 aromatic carbocycles. The number of carbonyl (C=O) groups excluding carboxylic acids is 2.